The molecule has 2 nitrogen and oxygen atoms in total. The summed E-state index contributed by atoms with van der Waals surface area (Å²) in [4.78, 5) is 2.54. The van der Waals surface area contributed by atoms with Gasteiger partial charge in [0.1, 0.15) is 0 Å². The summed E-state index contributed by atoms with van der Waals surface area (Å²) in [5.41, 5.74) is 1.38. The van der Waals surface area contributed by atoms with Crippen molar-refractivity contribution in [2.75, 3.05) is 31.1 Å². The number of rotatable bonds is 6. The molecule has 0 saturated carbocycles. The first-order valence-electron chi connectivity index (χ1n) is 6.41. The van der Waals surface area contributed by atoms with Crippen LogP contribution in [0.1, 0.15) is 19.8 Å². The van der Waals surface area contributed by atoms with Crippen molar-refractivity contribution in [2.24, 2.45) is 5.92 Å². The van der Waals surface area contributed by atoms with Crippen molar-refractivity contribution in [3.8, 4) is 0 Å². The molecular formula is C14H22N2. The maximum absolute atomic E-state index is 3.35. The average molecular weight is 218 g/mol. The van der Waals surface area contributed by atoms with E-state index in [9.17, 15) is 0 Å². The van der Waals surface area contributed by atoms with Crippen LogP contribution in [-0.4, -0.2) is 26.2 Å². The van der Waals surface area contributed by atoms with Gasteiger partial charge >= 0.3 is 0 Å². The third-order valence-corrected chi connectivity index (χ3v) is 3.25. The lowest BCUT2D eigenvalue weighted by atomic mass is 10.0. The van der Waals surface area contributed by atoms with Gasteiger partial charge in [0, 0.05) is 37.8 Å². The van der Waals surface area contributed by atoms with E-state index in [1.807, 2.05) is 0 Å². The van der Waals surface area contributed by atoms with E-state index < -0.39 is 0 Å². The maximum Gasteiger partial charge on any atom is 0.0366 e. The van der Waals surface area contributed by atoms with Crippen LogP contribution in [0.25, 0.3) is 0 Å². The highest BCUT2D eigenvalue weighted by Gasteiger charge is 2.19. The minimum absolute atomic E-state index is 0.845. The minimum Gasteiger partial charge on any atom is -0.371 e. The van der Waals surface area contributed by atoms with E-state index in [0.29, 0.717) is 0 Å². The standard InChI is InChI=1S/C14H22N2/c1-2-3-9-16(12-13-10-15-11-13)14-7-5-4-6-8-14/h4-8,13,15H,2-3,9-12H2,1H3. The van der Waals surface area contributed by atoms with E-state index in [-0.39, 0.29) is 0 Å². The van der Waals surface area contributed by atoms with Gasteiger partial charge in [-0.3, -0.25) is 0 Å². The molecule has 0 radical (unpaired) electrons. The Morgan fingerprint density at radius 1 is 1.25 bits per heavy atom. The lowest BCUT2D eigenvalue weighted by Gasteiger charge is -2.34. The Kier molecular flexibility index (Phi) is 4.23. The Morgan fingerprint density at radius 2 is 2.00 bits per heavy atom. The number of nitrogens with one attached hydrogen (secondary N) is 1. The molecule has 0 atom stereocenters. The van der Waals surface area contributed by atoms with E-state index in [1.54, 1.807) is 0 Å². The van der Waals surface area contributed by atoms with Crippen LogP contribution in [0.2, 0.25) is 0 Å². The normalized spacial score (nSPS) is 15.8. The maximum atomic E-state index is 3.35. The Labute approximate surface area is 98.7 Å². The minimum atomic E-state index is 0.845. The van der Waals surface area contributed by atoms with Gasteiger partial charge in [-0.15, -0.1) is 0 Å². The second kappa shape index (κ2) is 5.90. The highest BCUT2D eigenvalue weighted by Crippen LogP contribution is 2.17. The topological polar surface area (TPSA) is 15.3 Å². The molecule has 1 N–H and O–H groups in total. The van der Waals surface area contributed by atoms with Gasteiger partial charge in [-0.2, -0.15) is 0 Å². The van der Waals surface area contributed by atoms with Crippen LogP contribution >= 0.6 is 0 Å². The summed E-state index contributed by atoms with van der Waals surface area (Å²) in [7, 11) is 0. The summed E-state index contributed by atoms with van der Waals surface area (Å²) in [6.07, 6.45) is 2.56. The first-order chi connectivity index (χ1) is 7.90. The third-order valence-electron chi connectivity index (χ3n) is 3.25. The van der Waals surface area contributed by atoms with Gasteiger partial charge in [-0.05, 0) is 18.6 Å². The van der Waals surface area contributed by atoms with Crippen LogP contribution in [0.15, 0.2) is 30.3 Å². The van der Waals surface area contributed by atoms with Gasteiger partial charge in [0.15, 0.2) is 0 Å². The van der Waals surface area contributed by atoms with Gasteiger partial charge in [-0.25, -0.2) is 0 Å². The van der Waals surface area contributed by atoms with Gasteiger partial charge in [-0.1, -0.05) is 31.5 Å². The molecule has 1 saturated heterocycles. The second-order valence-corrected chi connectivity index (χ2v) is 4.66. The molecule has 0 aliphatic carbocycles. The Morgan fingerprint density at radius 3 is 2.56 bits per heavy atom. The monoisotopic (exact) mass is 218 g/mol. The highest BCUT2D eigenvalue weighted by molar-refractivity contribution is 5.46. The SMILES string of the molecule is CCCCN(CC1CNC1)c1ccccc1. The molecule has 16 heavy (non-hydrogen) atoms. The van der Waals surface area contributed by atoms with Crippen molar-refractivity contribution in [1.29, 1.82) is 0 Å². The van der Waals surface area contributed by atoms with Crippen LogP contribution in [-0.2, 0) is 0 Å². The lowest BCUT2D eigenvalue weighted by Crippen LogP contribution is -2.48. The molecule has 0 spiro atoms. The Hall–Kier alpha value is -1.02. The summed E-state index contributed by atoms with van der Waals surface area (Å²) in [5, 5.41) is 3.35. The molecule has 2 heteroatoms. The van der Waals surface area contributed by atoms with E-state index in [2.05, 4.69) is 47.5 Å². The number of para-hydroxylation sites is 1. The smallest absolute Gasteiger partial charge is 0.0366 e. The lowest BCUT2D eigenvalue weighted by molar-refractivity contribution is 0.348. The van der Waals surface area contributed by atoms with Crippen molar-refractivity contribution in [2.45, 2.75) is 19.8 Å². The van der Waals surface area contributed by atoms with Crippen molar-refractivity contribution in [1.82, 2.24) is 5.32 Å². The van der Waals surface area contributed by atoms with Gasteiger partial charge in [0.05, 0.1) is 0 Å². The second-order valence-electron chi connectivity index (χ2n) is 4.66. The number of hydrogen-bond acceptors (Lipinski definition) is 2. The number of benzene rings is 1. The van der Waals surface area contributed by atoms with Gasteiger partial charge in [0.2, 0.25) is 0 Å². The fourth-order valence-electron chi connectivity index (χ4n) is 2.10. The zero-order valence-corrected chi connectivity index (χ0v) is 10.2. The predicted molar refractivity (Wildman–Crippen MR) is 69.9 cm³/mol. The molecule has 1 fully saturated rings. The molecule has 0 amide bonds. The summed E-state index contributed by atoms with van der Waals surface area (Å²) in [6.45, 7) is 7.03. The molecule has 0 aromatic heterocycles. The van der Waals surface area contributed by atoms with Crippen molar-refractivity contribution in [3.63, 3.8) is 0 Å². The van der Waals surface area contributed by atoms with Crippen molar-refractivity contribution >= 4 is 5.69 Å². The summed E-state index contributed by atoms with van der Waals surface area (Å²) in [6, 6.07) is 10.8. The molecule has 1 aromatic carbocycles. The number of hydrogen-bond donors (Lipinski definition) is 1. The summed E-state index contributed by atoms with van der Waals surface area (Å²) < 4.78 is 0. The molecule has 1 heterocycles. The zero-order chi connectivity index (χ0) is 11.2. The third kappa shape index (κ3) is 2.99. The summed E-state index contributed by atoms with van der Waals surface area (Å²) >= 11 is 0. The number of nitrogens with zero attached hydrogens (tertiary/aromatic N) is 1. The molecule has 0 unspecified atom stereocenters. The summed E-state index contributed by atoms with van der Waals surface area (Å²) in [5.74, 6) is 0.845. The molecular weight excluding hydrogens is 196 g/mol. The van der Waals surface area contributed by atoms with E-state index in [4.69, 9.17) is 0 Å². The fourth-order valence-corrected chi connectivity index (χ4v) is 2.10. The van der Waals surface area contributed by atoms with E-state index in [1.165, 1.54) is 44.7 Å². The molecule has 2 rings (SSSR count). The largest absolute Gasteiger partial charge is 0.371 e. The zero-order valence-electron chi connectivity index (χ0n) is 10.2. The average Bonchev–Trinajstić information content (AvgIpc) is 2.28. The molecule has 1 aromatic rings. The Balaban J connectivity index is 1.95. The molecule has 0 bridgehead atoms. The van der Waals surface area contributed by atoms with Crippen LogP contribution in [0, 0.1) is 5.92 Å². The quantitative estimate of drug-likeness (QED) is 0.789. The van der Waals surface area contributed by atoms with E-state index in [0.717, 1.165) is 5.92 Å². The van der Waals surface area contributed by atoms with Crippen molar-refractivity contribution in [3.05, 3.63) is 30.3 Å². The van der Waals surface area contributed by atoms with E-state index >= 15 is 0 Å². The first-order valence-corrected chi connectivity index (χ1v) is 6.41. The van der Waals surface area contributed by atoms with Crippen molar-refractivity contribution < 1.29 is 0 Å². The fraction of sp³-hybridized carbons (Fsp3) is 0.571. The number of anilines is 1. The van der Waals surface area contributed by atoms with Crippen LogP contribution in [0.4, 0.5) is 5.69 Å². The highest BCUT2D eigenvalue weighted by atomic mass is 15.1. The van der Waals surface area contributed by atoms with Gasteiger partial charge in [0.25, 0.3) is 0 Å². The van der Waals surface area contributed by atoms with Crippen LogP contribution < -0.4 is 10.2 Å². The van der Waals surface area contributed by atoms with Crippen LogP contribution in [0.3, 0.4) is 0 Å². The molecule has 88 valence electrons. The Bertz CT molecular complexity index is 293. The van der Waals surface area contributed by atoms with Gasteiger partial charge < -0.3 is 10.2 Å². The molecule has 1 aliphatic heterocycles. The molecule has 1 aliphatic rings. The number of unbranched alkanes of at least 4 members (excludes halogenated alkanes) is 1. The first kappa shape index (κ1) is 11.5. The van der Waals surface area contributed by atoms with Crippen LogP contribution in [0.5, 0.6) is 0 Å². The predicted octanol–water partition coefficient (Wildman–Crippen LogP) is 2.51.